The number of benzene rings is 3. The number of hydrogen-bond donors (Lipinski definition) is 2. The summed E-state index contributed by atoms with van der Waals surface area (Å²) in [6, 6.07) is 33.1. The number of piperidine rings is 1. The van der Waals surface area contributed by atoms with Gasteiger partial charge in [0.2, 0.25) is 11.9 Å². The Labute approximate surface area is 270 Å². The first-order valence-electron chi connectivity index (χ1n) is 16.6. The van der Waals surface area contributed by atoms with Gasteiger partial charge in [0, 0.05) is 32.2 Å². The molecule has 46 heavy (non-hydrogen) atoms. The number of hydrogen-bond acceptors (Lipinski definition) is 6. The Hall–Kier alpha value is -4.40. The minimum absolute atomic E-state index is 0.109. The number of aromatic nitrogens is 2. The number of nitrogens with zero attached hydrogens (tertiary/aromatic N) is 4. The molecule has 5 aromatic rings. The third-order valence-electron chi connectivity index (χ3n) is 9.87. The lowest BCUT2D eigenvalue weighted by Gasteiger charge is -2.35. The first-order chi connectivity index (χ1) is 22.6. The Morgan fingerprint density at radius 3 is 2.26 bits per heavy atom. The van der Waals surface area contributed by atoms with Gasteiger partial charge in [-0.2, -0.15) is 0 Å². The zero-order chi connectivity index (χ0) is 31.3. The van der Waals surface area contributed by atoms with E-state index in [1.165, 1.54) is 11.1 Å². The maximum Gasteiger partial charge on any atom is 0.229 e. The Balaban J connectivity index is 0.998. The van der Waals surface area contributed by atoms with E-state index in [4.69, 9.17) is 9.40 Å². The summed E-state index contributed by atoms with van der Waals surface area (Å²) in [6.07, 6.45) is 4.59. The van der Waals surface area contributed by atoms with Gasteiger partial charge in [-0.05, 0) is 74.0 Å². The topological polar surface area (TPSA) is 86.8 Å². The zero-order valence-electron chi connectivity index (χ0n) is 26.4. The number of amides is 1. The summed E-state index contributed by atoms with van der Waals surface area (Å²) < 4.78 is 7.98. The van der Waals surface area contributed by atoms with Crippen LogP contribution in [0.5, 0.6) is 0 Å². The monoisotopic (exact) mass is 617 g/mol. The summed E-state index contributed by atoms with van der Waals surface area (Å²) in [4.78, 5) is 23.6. The third-order valence-corrected chi connectivity index (χ3v) is 9.87. The highest BCUT2D eigenvalue weighted by Crippen LogP contribution is 2.40. The number of likely N-dealkylation sites (tertiary alicyclic amines) is 2. The Bertz CT molecular complexity index is 1740. The molecule has 4 heterocycles. The second-order valence-corrected chi connectivity index (χ2v) is 13.0. The summed E-state index contributed by atoms with van der Waals surface area (Å²) in [5.41, 5.74) is 4.06. The van der Waals surface area contributed by atoms with Crippen LogP contribution in [0, 0.1) is 5.41 Å². The van der Waals surface area contributed by atoms with E-state index in [0.29, 0.717) is 30.8 Å². The number of fused-ring (bicyclic) bond motifs is 1. The van der Waals surface area contributed by atoms with Crippen LogP contribution in [0.1, 0.15) is 48.3 Å². The van der Waals surface area contributed by atoms with Crippen molar-refractivity contribution in [1.29, 1.82) is 0 Å². The summed E-state index contributed by atoms with van der Waals surface area (Å²) in [7, 11) is 0. The molecule has 0 radical (unpaired) electrons. The molecule has 0 spiro atoms. The molecule has 8 heteroatoms. The van der Waals surface area contributed by atoms with Crippen molar-refractivity contribution in [2.45, 2.75) is 57.8 Å². The van der Waals surface area contributed by atoms with Crippen LogP contribution in [-0.4, -0.2) is 62.6 Å². The van der Waals surface area contributed by atoms with Crippen LogP contribution in [0.25, 0.3) is 11.0 Å². The standard InChI is InChI=1S/C38H43N5O3/c44-28-33-16-15-32(46-33)27-43-35-14-8-7-13-34(35)40-37(43)39-31-17-21-41(22-18-31)23-19-38(25-29-9-3-1-4-10-29)20-24-42(36(38)45)26-30-11-5-2-6-12-30/h1-16,31,44H,17-28H2,(H,39,40). The molecule has 8 nitrogen and oxygen atoms in total. The van der Waals surface area contributed by atoms with Crippen LogP contribution in [0.3, 0.4) is 0 Å². The molecule has 1 atom stereocenters. The first-order valence-corrected chi connectivity index (χ1v) is 16.6. The second-order valence-electron chi connectivity index (χ2n) is 13.0. The number of para-hydroxylation sites is 2. The molecular weight excluding hydrogens is 574 g/mol. The van der Waals surface area contributed by atoms with E-state index in [1.807, 2.05) is 54.6 Å². The molecular formula is C38H43N5O3. The minimum atomic E-state index is -0.363. The normalized spacial score (nSPS) is 19.3. The summed E-state index contributed by atoms with van der Waals surface area (Å²) >= 11 is 0. The number of nitrogens with one attached hydrogen (secondary N) is 1. The smallest absolute Gasteiger partial charge is 0.229 e. The van der Waals surface area contributed by atoms with Gasteiger partial charge in [-0.3, -0.25) is 4.79 Å². The molecule has 1 unspecified atom stereocenters. The van der Waals surface area contributed by atoms with Crippen molar-refractivity contribution in [2.24, 2.45) is 5.41 Å². The molecule has 2 N–H and O–H groups in total. The number of anilines is 1. The fraction of sp³-hybridized carbons (Fsp3) is 0.368. The van der Waals surface area contributed by atoms with Gasteiger partial charge in [-0.15, -0.1) is 0 Å². The molecule has 2 saturated heterocycles. The van der Waals surface area contributed by atoms with Crippen molar-refractivity contribution in [3.8, 4) is 0 Å². The number of carbonyl (C=O) groups excluding carboxylic acids is 1. The van der Waals surface area contributed by atoms with Gasteiger partial charge in [0.1, 0.15) is 18.1 Å². The maximum absolute atomic E-state index is 14.1. The van der Waals surface area contributed by atoms with Gasteiger partial charge in [-0.25, -0.2) is 4.98 Å². The molecule has 2 fully saturated rings. The molecule has 0 saturated carbocycles. The predicted octanol–water partition coefficient (Wildman–Crippen LogP) is 6.10. The summed E-state index contributed by atoms with van der Waals surface area (Å²) in [6.45, 7) is 4.82. The highest BCUT2D eigenvalue weighted by atomic mass is 16.4. The van der Waals surface area contributed by atoms with Crippen molar-refractivity contribution < 1.29 is 14.3 Å². The molecule has 238 valence electrons. The molecule has 3 aromatic carbocycles. The van der Waals surface area contributed by atoms with Gasteiger partial charge in [0.15, 0.2) is 0 Å². The Morgan fingerprint density at radius 1 is 0.826 bits per heavy atom. The molecule has 2 aliphatic heterocycles. The maximum atomic E-state index is 14.1. The van der Waals surface area contributed by atoms with Gasteiger partial charge in [0.25, 0.3) is 0 Å². The second kappa shape index (κ2) is 13.5. The van der Waals surface area contributed by atoms with E-state index in [1.54, 1.807) is 0 Å². The summed E-state index contributed by atoms with van der Waals surface area (Å²) in [5, 5.41) is 13.2. The number of carbonyl (C=O) groups is 1. The lowest BCUT2D eigenvalue weighted by molar-refractivity contribution is -0.137. The van der Waals surface area contributed by atoms with E-state index < -0.39 is 0 Å². The van der Waals surface area contributed by atoms with E-state index in [0.717, 1.165) is 81.0 Å². The fourth-order valence-corrected chi connectivity index (χ4v) is 7.27. The van der Waals surface area contributed by atoms with Crippen molar-refractivity contribution in [1.82, 2.24) is 19.4 Å². The SMILES string of the molecule is O=C1N(Cc2ccccc2)CCC1(CCN1CCC(Nc2nc3ccccc3n2Cc2ccc(CO)o2)CC1)Cc1ccccc1. The van der Waals surface area contributed by atoms with Gasteiger partial charge >= 0.3 is 0 Å². The Kier molecular flexibility index (Phi) is 8.90. The highest BCUT2D eigenvalue weighted by molar-refractivity contribution is 5.85. The van der Waals surface area contributed by atoms with Crippen LogP contribution in [0.4, 0.5) is 5.95 Å². The number of imidazole rings is 1. The van der Waals surface area contributed by atoms with Gasteiger partial charge in [0.05, 0.1) is 23.0 Å². The minimum Gasteiger partial charge on any atom is -0.462 e. The average molecular weight is 618 g/mol. The molecule has 2 aliphatic rings. The van der Waals surface area contributed by atoms with Gasteiger partial charge < -0.3 is 29.2 Å². The predicted molar refractivity (Wildman–Crippen MR) is 180 cm³/mol. The number of furan rings is 1. The van der Waals surface area contributed by atoms with Crippen molar-refractivity contribution in [2.75, 3.05) is 31.5 Å². The third kappa shape index (κ3) is 6.59. The Morgan fingerprint density at radius 2 is 1.52 bits per heavy atom. The van der Waals surface area contributed by atoms with E-state index in [2.05, 4.69) is 62.1 Å². The van der Waals surface area contributed by atoms with Crippen LogP contribution in [0.15, 0.2) is 101 Å². The zero-order valence-corrected chi connectivity index (χ0v) is 26.4. The fourth-order valence-electron chi connectivity index (χ4n) is 7.27. The van der Waals surface area contributed by atoms with E-state index in [9.17, 15) is 9.90 Å². The number of aliphatic hydroxyl groups excluding tert-OH is 1. The summed E-state index contributed by atoms with van der Waals surface area (Å²) in [5.74, 6) is 2.50. The van der Waals surface area contributed by atoms with Crippen LogP contribution >= 0.6 is 0 Å². The quantitative estimate of drug-likeness (QED) is 0.176. The van der Waals surface area contributed by atoms with Crippen molar-refractivity contribution in [3.05, 3.63) is 120 Å². The first kappa shape index (κ1) is 30.3. The average Bonchev–Trinajstić information content (AvgIpc) is 3.78. The van der Waals surface area contributed by atoms with Crippen LogP contribution in [-0.2, 0) is 30.9 Å². The number of aliphatic hydroxyl groups is 1. The van der Waals surface area contributed by atoms with Crippen LogP contribution in [0.2, 0.25) is 0 Å². The largest absolute Gasteiger partial charge is 0.462 e. The van der Waals surface area contributed by atoms with Crippen LogP contribution < -0.4 is 5.32 Å². The number of rotatable bonds is 12. The molecule has 7 rings (SSSR count). The van der Waals surface area contributed by atoms with Crippen molar-refractivity contribution in [3.63, 3.8) is 0 Å². The van der Waals surface area contributed by atoms with Crippen molar-refractivity contribution >= 4 is 22.9 Å². The van der Waals surface area contributed by atoms with E-state index >= 15 is 0 Å². The van der Waals surface area contributed by atoms with Gasteiger partial charge in [-0.1, -0.05) is 72.8 Å². The lowest BCUT2D eigenvalue weighted by Crippen LogP contribution is -2.43. The molecule has 0 bridgehead atoms. The van der Waals surface area contributed by atoms with E-state index in [-0.39, 0.29) is 12.0 Å². The molecule has 1 amide bonds. The highest BCUT2D eigenvalue weighted by Gasteiger charge is 2.46. The molecule has 2 aromatic heterocycles. The molecule has 0 aliphatic carbocycles. The lowest BCUT2D eigenvalue weighted by atomic mass is 9.77.